The summed E-state index contributed by atoms with van der Waals surface area (Å²) in [4.78, 5) is 21.2. The summed E-state index contributed by atoms with van der Waals surface area (Å²) >= 11 is 0. The number of ether oxygens (including phenoxy) is 1. The number of hydrogen-bond acceptors (Lipinski definition) is 6. The second-order valence-electron chi connectivity index (χ2n) is 4.00. The van der Waals surface area contributed by atoms with Crippen LogP contribution in [0.1, 0.15) is 23.3 Å². The minimum atomic E-state index is -0.480. The number of aliphatic hydroxyl groups excluding tert-OH is 1. The molecule has 0 amide bonds. The first-order valence-corrected chi connectivity index (χ1v) is 5.54. The van der Waals surface area contributed by atoms with Gasteiger partial charge in [-0.25, -0.2) is 14.8 Å². The van der Waals surface area contributed by atoms with E-state index in [1.165, 1.54) is 13.4 Å². The Balaban J connectivity index is 2.17. The average molecular weight is 237 g/mol. The number of β-amino-alcohol motifs (C(OH)–C–C–N with tert-alkyl or cyclic N) is 1. The van der Waals surface area contributed by atoms with E-state index in [1.54, 1.807) is 6.07 Å². The van der Waals surface area contributed by atoms with Crippen molar-refractivity contribution in [2.75, 3.05) is 25.1 Å². The summed E-state index contributed by atoms with van der Waals surface area (Å²) in [6.45, 7) is 1.37. The number of rotatable bonds is 2. The highest BCUT2D eigenvalue weighted by Gasteiger charge is 2.20. The van der Waals surface area contributed by atoms with Gasteiger partial charge in [-0.3, -0.25) is 0 Å². The lowest BCUT2D eigenvalue weighted by Crippen LogP contribution is -2.38. The fourth-order valence-corrected chi connectivity index (χ4v) is 1.90. The molecule has 17 heavy (non-hydrogen) atoms. The Morgan fingerprint density at radius 2 is 2.41 bits per heavy atom. The molecule has 0 radical (unpaired) electrons. The van der Waals surface area contributed by atoms with Gasteiger partial charge in [-0.2, -0.15) is 0 Å². The lowest BCUT2D eigenvalue weighted by molar-refractivity contribution is 0.0594. The molecule has 1 saturated heterocycles. The van der Waals surface area contributed by atoms with Crippen LogP contribution in [-0.2, 0) is 4.74 Å². The minimum absolute atomic E-state index is 0.234. The van der Waals surface area contributed by atoms with E-state index in [2.05, 4.69) is 14.7 Å². The summed E-state index contributed by atoms with van der Waals surface area (Å²) in [6.07, 6.45) is 2.73. The van der Waals surface area contributed by atoms with E-state index >= 15 is 0 Å². The largest absolute Gasteiger partial charge is 0.464 e. The fraction of sp³-hybridized carbons (Fsp3) is 0.545. The number of hydrogen-bond donors (Lipinski definition) is 1. The van der Waals surface area contributed by atoms with E-state index < -0.39 is 5.97 Å². The van der Waals surface area contributed by atoms with Gasteiger partial charge in [0.1, 0.15) is 12.1 Å². The number of esters is 1. The Hall–Kier alpha value is -1.69. The molecule has 1 aliphatic heterocycles. The molecule has 1 unspecified atom stereocenters. The highest BCUT2D eigenvalue weighted by atomic mass is 16.5. The number of nitrogens with zero attached hydrogens (tertiary/aromatic N) is 3. The molecule has 92 valence electrons. The Morgan fingerprint density at radius 1 is 1.59 bits per heavy atom. The van der Waals surface area contributed by atoms with E-state index in [0.29, 0.717) is 12.4 Å². The number of aliphatic hydroxyl groups is 1. The average Bonchev–Trinajstić information content (AvgIpc) is 2.38. The van der Waals surface area contributed by atoms with Gasteiger partial charge in [0.25, 0.3) is 0 Å². The van der Waals surface area contributed by atoms with Gasteiger partial charge in [0.05, 0.1) is 13.2 Å². The monoisotopic (exact) mass is 237 g/mol. The quantitative estimate of drug-likeness (QED) is 0.742. The first-order valence-electron chi connectivity index (χ1n) is 5.54. The predicted molar refractivity (Wildman–Crippen MR) is 60.8 cm³/mol. The molecule has 1 atom stereocenters. The molecule has 1 N–H and O–H groups in total. The first kappa shape index (κ1) is 11.8. The second kappa shape index (κ2) is 5.09. The predicted octanol–water partition coefficient (Wildman–Crippen LogP) is 0.224. The summed E-state index contributed by atoms with van der Waals surface area (Å²) in [7, 11) is 1.31. The van der Waals surface area contributed by atoms with Crippen LogP contribution in [-0.4, -0.2) is 47.3 Å². The van der Waals surface area contributed by atoms with Gasteiger partial charge in [0.15, 0.2) is 5.69 Å². The summed E-state index contributed by atoms with van der Waals surface area (Å²) in [6, 6.07) is 1.59. The van der Waals surface area contributed by atoms with Crippen LogP contribution < -0.4 is 4.90 Å². The van der Waals surface area contributed by atoms with Gasteiger partial charge in [-0.1, -0.05) is 0 Å². The van der Waals surface area contributed by atoms with Crippen molar-refractivity contribution in [2.45, 2.75) is 18.9 Å². The van der Waals surface area contributed by atoms with Crippen LogP contribution in [0.2, 0.25) is 0 Å². The molecule has 0 bridgehead atoms. The van der Waals surface area contributed by atoms with Gasteiger partial charge in [-0.15, -0.1) is 0 Å². The topological polar surface area (TPSA) is 75.5 Å². The third-order valence-electron chi connectivity index (χ3n) is 2.77. The van der Waals surface area contributed by atoms with Gasteiger partial charge >= 0.3 is 5.97 Å². The van der Waals surface area contributed by atoms with E-state index in [9.17, 15) is 9.90 Å². The van der Waals surface area contributed by atoms with Crippen LogP contribution in [0, 0.1) is 0 Å². The molecular weight excluding hydrogens is 222 g/mol. The van der Waals surface area contributed by atoms with Crippen LogP contribution >= 0.6 is 0 Å². The molecular formula is C11H15N3O3. The lowest BCUT2D eigenvalue weighted by atomic mass is 10.1. The molecule has 0 aliphatic carbocycles. The molecule has 6 nitrogen and oxygen atoms in total. The maximum Gasteiger partial charge on any atom is 0.356 e. The van der Waals surface area contributed by atoms with Gasteiger partial charge in [-0.05, 0) is 12.8 Å². The van der Waals surface area contributed by atoms with E-state index in [-0.39, 0.29) is 11.8 Å². The van der Waals surface area contributed by atoms with Crippen LogP contribution in [0.15, 0.2) is 12.4 Å². The number of carbonyl (C=O) groups is 1. The fourth-order valence-electron chi connectivity index (χ4n) is 1.90. The normalized spacial score (nSPS) is 20.1. The molecule has 0 aromatic carbocycles. The van der Waals surface area contributed by atoms with E-state index in [4.69, 9.17) is 0 Å². The summed E-state index contributed by atoms with van der Waals surface area (Å²) < 4.78 is 4.60. The SMILES string of the molecule is COC(=O)c1cc(N2CCCC(O)C2)ncn1. The molecule has 0 saturated carbocycles. The summed E-state index contributed by atoms with van der Waals surface area (Å²) in [5.74, 6) is 0.172. The Bertz CT molecular complexity index is 411. The van der Waals surface area contributed by atoms with Crippen molar-refractivity contribution < 1.29 is 14.6 Å². The highest BCUT2D eigenvalue weighted by Crippen LogP contribution is 2.18. The smallest absolute Gasteiger partial charge is 0.356 e. The minimum Gasteiger partial charge on any atom is -0.464 e. The van der Waals surface area contributed by atoms with Crippen molar-refractivity contribution in [1.29, 1.82) is 0 Å². The summed E-state index contributed by atoms with van der Waals surface area (Å²) in [5.41, 5.74) is 0.234. The maximum atomic E-state index is 11.3. The standard InChI is InChI=1S/C11H15N3O3/c1-17-11(16)9-5-10(13-7-12-9)14-4-2-3-8(15)6-14/h5,7-8,15H,2-4,6H2,1H3. The van der Waals surface area contributed by atoms with Crippen molar-refractivity contribution in [3.63, 3.8) is 0 Å². The van der Waals surface area contributed by atoms with Crippen molar-refractivity contribution in [2.24, 2.45) is 0 Å². The molecule has 1 fully saturated rings. The third kappa shape index (κ3) is 2.71. The number of methoxy groups -OCH3 is 1. The van der Waals surface area contributed by atoms with Crippen molar-refractivity contribution in [3.8, 4) is 0 Å². The van der Waals surface area contributed by atoms with Gasteiger partial charge in [0, 0.05) is 19.2 Å². The van der Waals surface area contributed by atoms with Gasteiger partial charge in [0.2, 0.25) is 0 Å². The van der Waals surface area contributed by atoms with Crippen LogP contribution in [0.3, 0.4) is 0 Å². The molecule has 2 heterocycles. The van der Waals surface area contributed by atoms with E-state index in [0.717, 1.165) is 19.4 Å². The Morgan fingerprint density at radius 3 is 3.12 bits per heavy atom. The molecule has 2 rings (SSSR count). The lowest BCUT2D eigenvalue weighted by Gasteiger charge is -2.30. The van der Waals surface area contributed by atoms with Crippen LogP contribution in [0.25, 0.3) is 0 Å². The highest BCUT2D eigenvalue weighted by molar-refractivity contribution is 5.87. The molecule has 1 aromatic rings. The molecule has 0 spiro atoms. The number of carbonyl (C=O) groups excluding carboxylic acids is 1. The van der Waals surface area contributed by atoms with Crippen molar-refractivity contribution in [1.82, 2.24) is 9.97 Å². The molecule has 6 heteroatoms. The Labute approximate surface area is 99.2 Å². The zero-order chi connectivity index (χ0) is 12.3. The zero-order valence-corrected chi connectivity index (χ0v) is 9.67. The van der Waals surface area contributed by atoms with Crippen LogP contribution in [0.4, 0.5) is 5.82 Å². The molecule has 1 aliphatic rings. The third-order valence-corrected chi connectivity index (χ3v) is 2.77. The number of piperidine rings is 1. The first-order chi connectivity index (χ1) is 8.20. The van der Waals surface area contributed by atoms with Crippen molar-refractivity contribution >= 4 is 11.8 Å². The summed E-state index contributed by atoms with van der Waals surface area (Å²) in [5, 5.41) is 9.59. The molecule has 1 aromatic heterocycles. The zero-order valence-electron chi connectivity index (χ0n) is 9.67. The van der Waals surface area contributed by atoms with Gasteiger partial charge < -0.3 is 14.7 Å². The second-order valence-corrected chi connectivity index (χ2v) is 4.00. The number of aromatic nitrogens is 2. The maximum absolute atomic E-state index is 11.3. The van der Waals surface area contributed by atoms with Crippen molar-refractivity contribution in [3.05, 3.63) is 18.1 Å². The Kier molecular flexibility index (Phi) is 3.53. The van der Waals surface area contributed by atoms with Crippen LogP contribution in [0.5, 0.6) is 0 Å². The van der Waals surface area contributed by atoms with E-state index in [1.807, 2.05) is 4.90 Å². The number of anilines is 1.